The van der Waals surface area contributed by atoms with Gasteiger partial charge in [0.15, 0.2) is 0 Å². The summed E-state index contributed by atoms with van der Waals surface area (Å²) in [6, 6.07) is 0.775. The number of rotatable bonds is 7. The molecule has 1 N–H and O–H groups in total. The molecule has 2 rings (SSSR count). The van der Waals surface area contributed by atoms with Crippen molar-refractivity contribution in [3.05, 3.63) is 0 Å². The van der Waals surface area contributed by atoms with E-state index in [0.717, 1.165) is 25.8 Å². The lowest BCUT2D eigenvalue weighted by Crippen LogP contribution is -2.48. The molecule has 1 unspecified atom stereocenters. The second kappa shape index (κ2) is 7.74. The predicted molar refractivity (Wildman–Crippen MR) is 84.2 cm³/mol. The van der Waals surface area contributed by atoms with E-state index in [9.17, 15) is 0 Å². The Bertz CT molecular complexity index is 273. The van der Waals surface area contributed by atoms with E-state index < -0.39 is 0 Å². The number of ether oxygens (including phenoxy) is 1. The van der Waals surface area contributed by atoms with E-state index >= 15 is 0 Å². The number of hydrogen-bond donors (Lipinski definition) is 1. The van der Waals surface area contributed by atoms with Gasteiger partial charge in [-0.05, 0) is 58.3 Å². The minimum Gasteiger partial charge on any atom is -0.381 e. The van der Waals surface area contributed by atoms with E-state index in [-0.39, 0.29) is 0 Å². The van der Waals surface area contributed by atoms with Gasteiger partial charge in [-0.3, -0.25) is 4.90 Å². The molecule has 2 fully saturated rings. The number of nitrogens with one attached hydrogen (secondary N) is 1. The van der Waals surface area contributed by atoms with Gasteiger partial charge in [0.1, 0.15) is 0 Å². The first kappa shape index (κ1) is 16.2. The molecule has 0 aliphatic carbocycles. The van der Waals surface area contributed by atoms with Gasteiger partial charge in [-0.1, -0.05) is 6.92 Å². The Morgan fingerprint density at radius 1 is 1.35 bits per heavy atom. The molecule has 0 amide bonds. The van der Waals surface area contributed by atoms with Crippen LogP contribution in [0.25, 0.3) is 0 Å². The molecule has 4 nitrogen and oxygen atoms in total. The molecule has 0 aromatic rings. The lowest BCUT2D eigenvalue weighted by atomic mass is 9.79. The van der Waals surface area contributed by atoms with Gasteiger partial charge in [0, 0.05) is 38.9 Å². The zero-order chi connectivity index (χ0) is 14.4. The molecule has 2 aliphatic rings. The monoisotopic (exact) mass is 283 g/mol. The maximum absolute atomic E-state index is 5.57. The highest BCUT2D eigenvalue weighted by Crippen LogP contribution is 2.31. The summed E-state index contributed by atoms with van der Waals surface area (Å²) in [5.41, 5.74) is 0.414. The maximum Gasteiger partial charge on any atom is 0.0472 e. The third-order valence-corrected chi connectivity index (χ3v) is 5.14. The van der Waals surface area contributed by atoms with Crippen LogP contribution in [0.15, 0.2) is 0 Å². The molecule has 4 heteroatoms. The quantitative estimate of drug-likeness (QED) is 0.765. The van der Waals surface area contributed by atoms with Crippen molar-refractivity contribution < 1.29 is 4.74 Å². The van der Waals surface area contributed by atoms with Crippen LogP contribution in [0.5, 0.6) is 0 Å². The van der Waals surface area contributed by atoms with Gasteiger partial charge in [0.25, 0.3) is 0 Å². The molecule has 0 saturated carbocycles. The summed E-state index contributed by atoms with van der Waals surface area (Å²) in [7, 11) is 4.38. The molecule has 0 bridgehead atoms. The summed E-state index contributed by atoms with van der Waals surface area (Å²) in [5.74, 6) is 0. The largest absolute Gasteiger partial charge is 0.381 e. The van der Waals surface area contributed by atoms with Crippen molar-refractivity contribution in [3.8, 4) is 0 Å². The molecule has 0 spiro atoms. The minimum atomic E-state index is 0.414. The third kappa shape index (κ3) is 4.17. The third-order valence-electron chi connectivity index (χ3n) is 5.14. The predicted octanol–water partition coefficient (Wildman–Crippen LogP) is 1.42. The smallest absolute Gasteiger partial charge is 0.0472 e. The molecule has 2 heterocycles. The second-order valence-corrected chi connectivity index (χ2v) is 6.76. The summed E-state index contributed by atoms with van der Waals surface area (Å²) in [4.78, 5) is 5.21. The molecule has 1 atom stereocenters. The SMILES string of the molecule is CCN1CCCC1CN(C)CC1(CNC)CCOCC1. The fraction of sp³-hybridized carbons (Fsp3) is 1.00. The molecular formula is C16H33N3O. The molecule has 0 radical (unpaired) electrons. The van der Waals surface area contributed by atoms with Crippen LogP contribution >= 0.6 is 0 Å². The highest BCUT2D eigenvalue weighted by Gasteiger charge is 2.34. The van der Waals surface area contributed by atoms with Crippen LogP contribution < -0.4 is 5.32 Å². The van der Waals surface area contributed by atoms with Crippen molar-refractivity contribution in [2.75, 3.05) is 60.0 Å². The first-order chi connectivity index (χ1) is 9.69. The van der Waals surface area contributed by atoms with Gasteiger partial charge in [0.2, 0.25) is 0 Å². The normalized spacial score (nSPS) is 27.3. The van der Waals surface area contributed by atoms with E-state index in [2.05, 4.69) is 36.1 Å². The second-order valence-electron chi connectivity index (χ2n) is 6.76. The topological polar surface area (TPSA) is 27.7 Å². The van der Waals surface area contributed by atoms with Gasteiger partial charge in [-0.2, -0.15) is 0 Å². The number of hydrogen-bond acceptors (Lipinski definition) is 4. The molecule has 2 saturated heterocycles. The molecule has 118 valence electrons. The van der Waals surface area contributed by atoms with Gasteiger partial charge < -0.3 is 15.0 Å². The summed E-state index contributed by atoms with van der Waals surface area (Å²) in [5, 5.41) is 3.40. The number of likely N-dealkylation sites (tertiary alicyclic amines) is 1. The average Bonchev–Trinajstić information content (AvgIpc) is 2.86. The van der Waals surface area contributed by atoms with Crippen LogP contribution in [0.1, 0.15) is 32.6 Å². The molecule has 20 heavy (non-hydrogen) atoms. The Morgan fingerprint density at radius 3 is 2.75 bits per heavy atom. The Balaban J connectivity index is 1.86. The standard InChI is InChI=1S/C16H33N3O/c1-4-19-9-5-6-15(19)12-18(3)14-16(13-17-2)7-10-20-11-8-16/h15,17H,4-14H2,1-3H3. The molecule has 0 aromatic carbocycles. The summed E-state index contributed by atoms with van der Waals surface area (Å²) in [6.45, 7) is 10.2. The molecule has 0 aromatic heterocycles. The highest BCUT2D eigenvalue weighted by atomic mass is 16.5. The van der Waals surface area contributed by atoms with E-state index in [0.29, 0.717) is 5.41 Å². The van der Waals surface area contributed by atoms with E-state index in [1.807, 2.05) is 0 Å². The van der Waals surface area contributed by atoms with E-state index in [1.54, 1.807) is 0 Å². The Morgan fingerprint density at radius 2 is 2.10 bits per heavy atom. The van der Waals surface area contributed by atoms with Crippen LogP contribution in [-0.2, 0) is 4.74 Å². The lowest BCUT2D eigenvalue weighted by molar-refractivity contribution is -0.00227. The van der Waals surface area contributed by atoms with Crippen LogP contribution in [-0.4, -0.2) is 75.9 Å². The van der Waals surface area contributed by atoms with Crippen molar-refractivity contribution in [1.29, 1.82) is 0 Å². The van der Waals surface area contributed by atoms with Gasteiger partial charge in [0.05, 0.1) is 0 Å². The van der Waals surface area contributed by atoms with Gasteiger partial charge in [-0.25, -0.2) is 0 Å². The van der Waals surface area contributed by atoms with E-state index in [4.69, 9.17) is 4.74 Å². The summed E-state index contributed by atoms with van der Waals surface area (Å²) < 4.78 is 5.57. The first-order valence-electron chi connectivity index (χ1n) is 8.34. The number of nitrogens with zero attached hydrogens (tertiary/aromatic N) is 2. The van der Waals surface area contributed by atoms with Crippen molar-refractivity contribution in [1.82, 2.24) is 15.1 Å². The van der Waals surface area contributed by atoms with Crippen LogP contribution in [0.4, 0.5) is 0 Å². The van der Waals surface area contributed by atoms with E-state index in [1.165, 1.54) is 51.9 Å². The lowest BCUT2D eigenvalue weighted by Gasteiger charge is -2.41. The Hall–Kier alpha value is -0.160. The van der Waals surface area contributed by atoms with Crippen LogP contribution in [0.2, 0.25) is 0 Å². The maximum atomic E-state index is 5.57. The Labute approximate surface area is 124 Å². The highest BCUT2D eigenvalue weighted by molar-refractivity contribution is 4.88. The van der Waals surface area contributed by atoms with Gasteiger partial charge >= 0.3 is 0 Å². The zero-order valence-electron chi connectivity index (χ0n) is 13.7. The zero-order valence-corrected chi connectivity index (χ0v) is 13.7. The fourth-order valence-corrected chi connectivity index (χ4v) is 4.09. The van der Waals surface area contributed by atoms with Crippen molar-refractivity contribution >= 4 is 0 Å². The molecule has 2 aliphatic heterocycles. The average molecular weight is 283 g/mol. The van der Waals surface area contributed by atoms with Gasteiger partial charge in [-0.15, -0.1) is 0 Å². The minimum absolute atomic E-state index is 0.414. The van der Waals surface area contributed by atoms with Crippen LogP contribution in [0.3, 0.4) is 0 Å². The van der Waals surface area contributed by atoms with Crippen molar-refractivity contribution in [2.45, 2.75) is 38.6 Å². The summed E-state index contributed by atoms with van der Waals surface area (Å²) >= 11 is 0. The van der Waals surface area contributed by atoms with Crippen LogP contribution in [0, 0.1) is 5.41 Å². The first-order valence-corrected chi connectivity index (χ1v) is 8.34. The number of likely N-dealkylation sites (N-methyl/N-ethyl adjacent to an activating group) is 2. The summed E-state index contributed by atoms with van der Waals surface area (Å²) in [6.07, 6.45) is 5.14. The fourth-order valence-electron chi connectivity index (χ4n) is 4.09. The molecular weight excluding hydrogens is 250 g/mol. The van der Waals surface area contributed by atoms with Crippen molar-refractivity contribution in [3.63, 3.8) is 0 Å². The van der Waals surface area contributed by atoms with Crippen molar-refractivity contribution in [2.24, 2.45) is 5.41 Å². The Kier molecular flexibility index (Phi) is 6.27.